The molecule has 5 rings (SSSR count). The second kappa shape index (κ2) is 10.3. The zero-order valence-corrected chi connectivity index (χ0v) is 19.8. The largest absolute Gasteiger partial charge is 0.491 e. The molecule has 3 aromatic carbocycles. The van der Waals surface area contributed by atoms with Crippen LogP contribution in [0.4, 0.5) is 4.39 Å². The first-order chi connectivity index (χ1) is 17.7. The zero-order valence-electron chi connectivity index (χ0n) is 19.8. The van der Waals surface area contributed by atoms with Gasteiger partial charge in [-0.2, -0.15) is 10.4 Å². The summed E-state index contributed by atoms with van der Waals surface area (Å²) in [6, 6.07) is 24.3. The maximum Gasteiger partial charge on any atom is 0.165 e. The molecule has 2 heterocycles. The van der Waals surface area contributed by atoms with Crippen molar-refractivity contribution in [2.75, 3.05) is 6.61 Å². The summed E-state index contributed by atoms with van der Waals surface area (Å²) in [6.07, 6.45) is 5.38. The van der Waals surface area contributed by atoms with Crippen LogP contribution >= 0.6 is 0 Å². The van der Waals surface area contributed by atoms with Crippen LogP contribution < -0.4 is 4.74 Å². The highest BCUT2D eigenvalue weighted by Crippen LogP contribution is 2.30. The fourth-order valence-corrected chi connectivity index (χ4v) is 3.91. The van der Waals surface area contributed by atoms with E-state index >= 15 is 0 Å². The zero-order chi connectivity index (χ0) is 24.9. The standard InChI is InChI=1S/C29H24FN5O/c1-2-3-15-36-27-14-13-20(17-24(27)30)28-22(19-35(34-28)23-9-5-4-6-10-23)16-21(18-31)29-32-25-11-7-8-12-26(25)33-29/h4-14,16-17,19H,2-3,15H2,1H3,(H,32,33)/b21-16-. The summed E-state index contributed by atoms with van der Waals surface area (Å²) in [4.78, 5) is 7.76. The molecule has 36 heavy (non-hydrogen) atoms. The third kappa shape index (κ3) is 4.75. The molecular formula is C29H24FN5O. The van der Waals surface area contributed by atoms with E-state index in [2.05, 4.69) is 23.0 Å². The summed E-state index contributed by atoms with van der Waals surface area (Å²) < 4.78 is 22.2. The number of aromatic nitrogens is 4. The van der Waals surface area contributed by atoms with Gasteiger partial charge in [-0.1, -0.05) is 43.7 Å². The van der Waals surface area contributed by atoms with Crippen LogP contribution in [0.2, 0.25) is 0 Å². The van der Waals surface area contributed by atoms with Gasteiger partial charge in [0.25, 0.3) is 0 Å². The van der Waals surface area contributed by atoms with E-state index in [1.807, 2.05) is 60.8 Å². The lowest BCUT2D eigenvalue weighted by atomic mass is 10.1. The van der Waals surface area contributed by atoms with Crippen LogP contribution in [0.5, 0.6) is 5.75 Å². The van der Waals surface area contributed by atoms with E-state index in [4.69, 9.17) is 9.84 Å². The highest BCUT2D eigenvalue weighted by molar-refractivity contribution is 5.92. The molecule has 7 heteroatoms. The molecule has 0 amide bonds. The number of ether oxygens (including phenoxy) is 1. The van der Waals surface area contributed by atoms with E-state index in [9.17, 15) is 9.65 Å². The predicted octanol–water partition coefficient (Wildman–Crippen LogP) is 6.80. The Morgan fingerprint density at radius 1 is 1.11 bits per heavy atom. The van der Waals surface area contributed by atoms with Crippen LogP contribution in [-0.4, -0.2) is 26.4 Å². The van der Waals surface area contributed by atoms with Crippen molar-refractivity contribution in [2.24, 2.45) is 0 Å². The van der Waals surface area contributed by atoms with Crippen molar-refractivity contribution in [2.45, 2.75) is 19.8 Å². The lowest BCUT2D eigenvalue weighted by molar-refractivity contribution is 0.294. The Bertz CT molecular complexity index is 1540. The number of benzene rings is 3. The van der Waals surface area contributed by atoms with Crippen molar-refractivity contribution < 1.29 is 9.13 Å². The first kappa shape index (κ1) is 23.1. The topological polar surface area (TPSA) is 79.5 Å². The molecule has 0 saturated heterocycles. The number of fused-ring (bicyclic) bond motifs is 1. The van der Waals surface area contributed by atoms with Gasteiger partial charge in [0.1, 0.15) is 17.6 Å². The van der Waals surface area contributed by atoms with E-state index < -0.39 is 5.82 Å². The quantitative estimate of drug-likeness (QED) is 0.197. The number of nitriles is 1. The summed E-state index contributed by atoms with van der Waals surface area (Å²) in [6.45, 7) is 2.52. The number of rotatable bonds is 8. The molecule has 0 spiro atoms. The van der Waals surface area contributed by atoms with Gasteiger partial charge >= 0.3 is 0 Å². The molecule has 0 aliphatic carbocycles. The number of para-hydroxylation sites is 3. The molecule has 0 bridgehead atoms. The number of nitrogens with zero attached hydrogens (tertiary/aromatic N) is 4. The first-order valence-electron chi connectivity index (χ1n) is 11.8. The second-order valence-electron chi connectivity index (χ2n) is 8.33. The monoisotopic (exact) mass is 477 g/mol. The number of aromatic amines is 1. The average molecular weight is 478 g/mol. The summed E-state index contributed by atoms with van der Waals surface area (Å²) in [5.74, 6) is 0.223. The van der Waals surface area contributed by atoms with E-state index in [0.29, 0.717) is 34.8 Å². The number of H-pyrrole nitrogens is 1. The molecule has 178 valence electrons. The molecule has 0 atom stereocenters. The maximum atomic E-state index is 14.9. The Morgan fingerprint density at radius 3 is 2.67 bits per heavy atom. The van der Waals surface area contributed by atoms with Crippen LogP contribution in [0.3, 0.4) is 0 Å². The number of hydrogen-bond acceptors (Lipinski definition) is 4. The molecule has 0 radical (unpaired) electrons. The van der Waals surface area contributed by atoms with Crippen molar-refractivity contribution in [1.29, 1.82) is 5.26 Å². The Kier molecular flexibility index (Phi) is 6.59. The van der Waals surface area contributed by atoms with Crippen molar-refractivity contribution in [3.05, 3.63) is 96.2 Å². The summed E-state index contributed by atoms with van der Waals surface area (Å²) in [7, 11) is 0. The lowest BCUT2D eigenvalue weighted by Crippen LogP contribution is -1.99. The van der Waals surface area contributed by atoms with Gasteiger partial charge in [0.05, 0.1) is 28.9 Å². The summed E-state index contributed by atoms with van der Waals surface area (Å²) in [5, 5.41) is 14.7. The first-order valence-corrected chi connectivity index (χ1v) is 11.8. The number of unbranched alkanes of at least 4 members (excludes halogenated alkanes) is 1. The summed E-state index contributed by atoms with van der Waals surface area (Å²) >= 11 is 0. The molecule has 0 saturated carbocycles. The lowest BCUT2D eigenvalue weighted by Gasteiger charge is -2.08. The van der Waals surface area contributed by atoms with Crippen molar-refractivity contribution in [3.63, 3.8) is 0 Å². The van der Waals surface area contributed by atoms with Crippen molar-refractivity contribution in [3.8, 4) is 28.8 Å². The van der Waals surface area contributed by atoms with Crippen LogP contribution in [0.25, 0.3) is 39.6 Å². The Labute approximate surface area is 208 Å². The average Bonchev–Trinajstić information content (AvgIpc) is 3.53. The van der Waals surface area contributed by atoms with E-state index in [-0.39, 0.29) is 5.75 Å². The smallest absolute Gasteiger partial charge is 0.165 e. The molecule has 1 N–H and O–H groups in total. The summed E-state index contributed by atoms with van der Waals surface area (Å²) in [5.41, 5.74) is 4.60. The van der Waals surface area contributed by atoms with E-state index in [1.54, 1.807) is 22.9 Å². The van der Waals surface area contributed by atoms with Gasteiger partial charge in [-0.15, -0.1) is 0 Å². The van der Waals surface area contributed by atoms with Gasteiger partial charge in [-0.05, 0) is 55.0 Å². The van der Waals surface area contributed by atoms with Gasteiger partial charge in [0, 0.05) is 17.3 Å². The molecule has 6 nitrogen and oxygen atoms in total. The third-order valence-electron chi connectivity index (χ3n) is 5.79. The minimum Gasteiger partial charge on any atom is -0.491 e. The highest BCUT2D eigenvalue weighted by atomic mass is 19.1. The Morgan fingerprint density at radius 2 is 1.92 bits per heavy atom. The van der Waals surface area contributed by atoms with Crippen molar-refractivity contribution in [1.82, 2.24) is 19.7 Å². The second-order valence-corrected chi connectivity index (χ2v) is 8.33. The molecule has 0 unspecified atom stereocenters. The molecule has 5 aromatic rings. The number of hydrogen-bond donors (Lipinski definition) is 1. The SMILES string of the molecule is CCCCOc1ccc(-c2nn(-c3ccccc3)cc2/C=C(/C#N)c2nc3ccccc3[nH]2)cc1F. The Balaban J connectivity index is 1.59. The van der Waals surface area contributed by atoms with E-state index in [1.165, 1.54) is 6.07 Å². The fourth-order valence-electron chi connectivity index (χ4n) is 3.91. The van der Waals surface area contributed by atoms with Gasteiger partial charge in [-0.25, -0.2) is 14.1 Å². The number of nitrogens with one attached hydrogen (secondary N) is 1. The van der Waals surface area contributed by atoms with Gasteiger partial charge in [0.2, 0.25) is 0 Å². The number of allylic oxidation sites excluding steroid dienone is 1. The maximum absolute atomic E-state index is 14.9. The molecule has 0 fully saturated rings. The third-order valence-corrected chi connectivity index (χ3v) is 5.79. The van der Waals surface area contributed by atoms with Gasteiger partial charge < -0.3 is 9.72 Å². The normalized spacial score (nSPS) is 11.5. The van der Waals surface area contributed by atoms with Crippen LogP contribution in [0.1, 0.15) is 31.2 Å². The van der Waals surface area contributed by atoms with E-state index in [0.717, 1.165) is 29.6 Å². The van der Waals surface area contributed by atoms with Crippen LogP contribution in [0.15, 0.2) is 79.0 Å². The van der Waals surface area contributed by atoms with Crippen LogP contribution in [0, 0.1) is 17.1 Å². The number of halogens is 1. The predicted molar refractivity (Wildman–Crippen MR) is 139 cm³/mol. The highest BCUT2D eigenvalue weighted by Gasteiger charge is 2.16. The van der Waals surface area contributed by atoms with Gasteiger partial charge in [-0.3, -0.25) is 0 Å². The van der Waals surface area contributed by atoms with Crippen LogP contribution in [-0.2, 0) is 0 Å². The fraction of sp³-hybridized carbons (Fsp3) is 0.138. The van der Waals surface area contributed by atoms with Crippen molar-refractivity contribution >= 4 is 22.7 Å². The molecule has 2 aromatic heterocycles. The molecular weight excluding hydrogens is 453 g/mol. The minimum atomic E-state index is -0.453. The Hall–Kier alpha value is -4.70. The molecule has 0 aliphatic heterocycles. The minimum absolute atomic E-state index is 0.215. The van der Waals surface area contributed by atoms with Gasteiger partial charge in [0.15, 0.2) is 11.6 Å². The molecule has 0 aliphatic rings. The number of imidazole rings is 1.